The molecule has 0 atom stereocenters. The predicted octanol–water partition coefficient (Wildman–Crippen LogP) is 1.96. The zero-order valence-electron chi connectivity index (χ0n) is 9.25. The summed E-state index contributed by atoms with van der Waals surface area (Å²) >= 11 is 0. The van der Waals surface area contributed by atoms with Crippen molar-refractivity contribution in [2.24, 2.45) is 0 Å². The van der Waals surface area contributed by atoms with Crippen LogP contribution in [0.3, 0.4) is 0 Å². The lowest BCUT2D eigenvalue weighted by Gasteiger charge is -2.19. The summed E-state index contributed by atoms with van der Waals surface area (Å²) in [6, 6.07) is 2.03. The van der Waals surface area contributed by atoms with E-state index >= 15 is 0 Å². The zero-order chi connectivity index (χ0) is 10.6. The fourth-order valence-electron chi connectivity index (χ4n) is 1.09. The highest BCUT2D eigenvalue weighted by atomic mass is 15.3. The topological polar surface area (TPSA) is 29.9 Å². The van der Waals surface area contributed by atoms with Gasteiger partial charge < -0.3 is 5.32 Å². The largest absolute Gasteiger partial charge is 0.306 e. The van der Waals surface area contributed by atoms with Crippen LogP contribution in [0.4, 0.5) is 0 Å². The Morgan fingerprint density at radius 3 is 2.86 bits per heavy atom. The highest BCUT2D eigenvalue weighted by Gasteiger charge is 2.09. The van der Waals surface area contributed by atoms with Gasteiger partial charge in [0.2, 0.25) is 0 Å². The molecule has 0 bridgehead atoms. The molecule has 0 aliphatic carbocycles. The van der Waals surface area contributed by atoms with Crippen molar-refractivity contribution in [3.63, 3.8) is 0 Å². The molecule has 1 rings (SSSR count). The maximum absolute atomic E-state index is 4.39. The summed E-state index contributed by atoms with van der Waals surface area (Å²) in [7, 11) is 0. The summed E-state index contributed by atoms with van der Waals surface area (Å²) in [6.07, 6.45) is 3.81. The van der Waals surface area contributed by atoms with E-state index in [0.29, 0.717) is 0 Å². The molecule has 0 aromatic carbocycles. The van der Waals surface area contributed by atoms with Crippen molar-refractivity contribution in [3.8, 4) is 0 Å². The highest BCUT2D eigenvalue weighted by Crippen LogP contribution is 2.02. The van der Waals surface area contributed by atoms with Gasteiger partial charge in [0.1, 0.15) is 0 Å². The van der Waals surface area contributed by atoms with Crippen LogP contribution in [-0.4, -0.2) is 15.3 Å². The molecular weight excluding hydrogens is 174 g/mol. The smallest absolute Gasteiger partial charge is 0.0762 e. The number of hydrogen-bond acceptors (Lipinski definition) is 2. The predicted molar refractivity (Wildman–Crippen MR) is 59.0 cm³/mol. The molecular formula is C11H19N3. The summed E-state index contributed by atoms with van der Waals surface area (Å²) in [6.45, 7) is 11.7. The van der Waals surface area contributed by atoms with Crippen molar-refractivity contribution in [3.05, 3.63) is 30.6 Å². The molecule has 1 aromatic heterocycles. The van der Waals surface area contributed by atoms with Gasteiger partial charge >= 0.3 is 0 Å². The molecule has 1 aromatic rings. The first-order valence-electron chi connectivity index (χ1n) is 4.89. The molecule has 0 saturated carbocycles. The minimum atomic E-state index is 0.141. The Kier molecular flexibility index (Phi) is 3.47. The van der Waals surface area contributed by atoms with Crippen molar-refractivity contribution >= 4 is 0 Å². The second-order valence-corrected chi connectivity index (χ2v) is 4.42. The third-order valence-electron chi connectivity index (χ3n) is 1.81. The molecule has 0 fully saturated rings. The van der Waals surface area contributed by atoms with Gasteiger partial charge in [-0.1, -0.05) is 6.08 Å². The van der Waals surface area contributed by atoms with Gasteiger partial charge in [-0.25, -0.2) is 0 Å². The van der Waals surface area contributed by atoms with E-state index in [1.807, 2.05) is 23.0 Å². The van der Waals surface area contributed by atoms with Gasteiger partial charge in [-0.05, 0) is 26.8 Å². The van der Waals surface area contributed by atoms with Gasteiger partial charge in [0.15, 0.2) is 0 Å². The van der Waals surface area contributed by atoms with Crippen molar-refractivity contribution in [2.75, 3.05) is 0 Å². The Labute approximate surface area is 85.8 Å². The first-order valence-corrected chi connectivity index (χ1v) is 4.89. The van der Waals surface area contributed by atoms with E-state index in [4.69, 9.17) is 0 Å². The SMILES string of the molecule is C=CCn1ccc(CNC(C)(C)C)n1. The molecule has 0 radical (unpaired) electrons. The van der Waals surface area contributed by atoms with E-state index in [1.54, 1.807) is 0 Å². The lowest BCUT2D eigenvalue weighted by Crippen LogP contribution is -2.35. The minimum Gasteiger partial charge on any atom is -0.306 e. The van der Waals surface area contributed by atoms with Crippen LogP contribution in [0.15, 0.2) is 24.9 Å². The lowest BCUT2D eigenvalue weighted by atomic mass is 10.1. The maximum Gasteiger partial charge on any atom is 0.0762 e. The Morgan fingerprint density at radius 2 is 2.29 bits per heavy atom. The van der Waals surface area contributed by atoms with Crippen LogP contribution in [0.25, 0.3) is 0 Å². The summed E-state index contributed by atoms with van der Waals surface area (Å²) in [5, 5.41) is 7.78. The number of nitrogens with zero attached hydrogens (tertiary/aromatic N) is 2. The second kappa shape index (κ2) is 4.42. The Bertz CT molecular complexity index is 294. The first kappa shape index (κ1) is 11.0. The van der Waals surface area contributed by atoms with Crippen molar-refractivity contribution in [2.45, 2.75) is 39.4 Å². The maximum atomic E-state index is 4.39. The van der Waals surface area contributed by atoms with Gasteiger partial charge in [-0.3, -0.25) is 4.68 Å². The van der Waals surface area contributed by atoms with Crippen molar-refractivity contribution in [1.82, 2.24) is 15.1 Å². The number of hydrogen-bond donors (Lipinski definition) is 1. The third-order valence-corrected chi connectivity index (χ3v) is 1.81. The molecule has 0 aliphatic rings. The van der Waals surface area contributed by atoms with Gasteiger partial charge in [0, 0.05) is 18.3 Å². The van der Waals surface area contributed by atoms with Gasteiger partial charge in [0.05, 0.1) is 12.2 Å². The van der Waals surface area contributed by atoms with Crippen LogP contribution in [-0.2, 0) is 13.1 Å². The summed E-state index contributed by atoms with van der Waals surface area (Å²) in [5.74, 6) is 0. The normalized spacial score (nSPS) is 11.6. The van der Waals surface area contributed by atoms with E-state index < -0.39 is 0 Å². The Hall–Kier alpha value is -1.09. The number of nitrogens with one attached hydrogen (secondary N) is 1. The number of allylic oxidation sites excluding steroid dienone is 1. The first-order chi connectivity index (χ1) is 6.51. The zero-order valence-corrected chi connectivity index (χ0v) is 9.25. The molecule has 0 spiro atoms. The Balaban J connectivity index is 2.47. The summed E-state index contributed by atoms with van der Waals surface area (Å²) < 4.78 is 1.88. The number of rotatable bonds is 4. The Morgan fingerprint density at radius 1 is 1.57 bits per heavy atom. The number of aromatic nitrogens is 2. The average molecular weight is 193 g/mol. The second-order valence-electron chi connectivity index (χ2n) is 4.42. The average Bonchev–Trinajstić information content (AvgIpc) is 2.49. The van der Waals surface area contributed by atoms with Crippen LogP contribution in [0, 0.1) is 0 Å². The van der Waals surface area contributed by atoms with Crippen LogP contribution in [0.1, 0.15) is 26.5 Å². The van der Waals surface area contributed by atoms with E-state index in [2.05, 4.69) is 37.8 Å². The molecule has 3 nitrogen and oxygen atoms in total. The minimum absolute atomic E-state index is 0.141. The third kappa shape index (κ3) is 3.75. The highest BCUT2D eigenvalue weighted by molar-refractivity contribution is 4.99. The monoisotopic (exact) mass is 193 g/mol. The standard InChI is InChI=1S/C11H19N3/c1-5-7-14-8-6-10(13-14)9-12-11(2,3)4/h5-6,8,12H,1,7,9H2,2-4H3. The van der Waals surface area contributed by atoms with Gasteiger partial charge in [-0.15, -0.1) is 6.58 Å². The van der Waals surface area contributed by atoms with Crippen LogP contribution in [0.5, 0.6) is 0 Å². The molecule has 78 valence electrons. The molecule has 0 unspecified atom stereocenters. The van der Waals surface area contributed by atoms with Crippen LogP contribution in [0.2, 0.25) is 0 Å². The van der Waals surface area contributed by atoms with E-state index in [1.165, 1.54) is 0 Å². The molecule has 1 heterocycles. The fraction of sp³-hybridized carbons (Fsp3) is 0.545. The van der Waals surface area contributed by atoms with E-state index in [-0.39, 0.29) is 5.54 Å². The van der Waals surface area contributed by atoms with Crippen LogP contribution >= 0.6 is 0 Å². The van der Waals surface area contributed by atoms with Gasteiger partial charge in [-0.2, -0.15) is 5.10 Å². The molecule has 0 aliphatic heterocycles. The fourth-order valence-corrected chi connectivity index (χ4v) is 1.09. The molecule has 3 heteroatoms. The molecule has 1 N–H and O–H groups in total. The summed E-state index contributed by atoms with van der Waals surface area (Å²) in [5.41, 5.74) is 1.21. The van der Waals surface area contributed by atoms with Crippen LogP contribution < -0.4 is 5.32 Å². The van der Waals surface area contributed by atoms with Gasteiger partial charge in [0.25, 0.3) is 0 Å². The van der Waals surface area contributed by atoms with E-state index in [0.717, 1.165) is 18.8 Å². The molecule has 14 heavy (non-hydrogen) atoms. The van der Waals surface area contributed by atoms with E-state index in [9.17, 15) is 0 Å². The lowest BCUT2D eigenvalue weighted by molar-refractivity contribution is 0.419. The van der Waals surface area contributed by atoms with Crippen molar-refractivity contribution < 1.29 is 0 Å². The van der Waals surface area contributed by atoms with Crippen molar-refractivity contribution in [1.29, 1.82) is 0 Å². The quantitative estimate of drug-likeness (QED) is 0.741. The summed E-state index contributed by atoms with van der Waals surface area (Å²) in [4.78, 5) is 0. The molecule has 0 saturated heterocycles. The molecule has 0 amide bonds.